The average molecular weight is 229 g/mol. The fraction of sp³-hybridized carbons (Fsp3) is 0.333. The van der Waals surface area contributed by atoms with Crippen LogP contribution in [0.5, 0.6) is 0 Å². The molecule has 1 rings (SSSR count). The van der Waals surface area contributed by atoms with Gasteiger partial charge in [-0.25, -0.2) is 13.2 Å². The molecule has 0 aliphatic heterocycles. The first-order valence-corrected chi connectivity index (χ1v) is 5.17. The number of benzene rings is 1. The van der Waals surface area contributed by atoms with E-state index in [0.29, 0.717) is 12.6 Å². The van der Waals surface area contributed by atoms with E-state index in [1.807, 2.05) is 6.92 Å². The van der Waals surface area contributed by atoms with Crippen molar-refractivity contribution >= 4 is 6.08 Å². The van der Waals surface area contributed by atoms with Gasteiger partial charge in [-0.1, -0.05) is 19.1 Å². The van der Waals surface area contributed by atoms with E-state index in [-0.39, 0.29) is 5.56 Å². The lowest BCUT2D eigenvalue weighted by Gasteiger charge is -1.99. The summed E-state index contributed by atoms with van der Waals surface area (Å²) in [6, 6.07) is 1.40. The maximum absolute atomic E-state index is 13.1. The van der Waals surface area contributed by atoms with E-state index in [2.05, 4.69) is 5.32 Å². The van der Waals surface area contributed by atoms with Crippen molar-refractivity contribution in [3.05, 3.63) is 41.2 Å². The molecule has 1 nitrogen and oxygen atoms in total. The summed E-state index contributed by atoms with van der Waals surface area (Å²) in [5, 5.41) is 3.07. The van der Waals surface area contributed by atoms with Crippen LogP contribution in [0.25, 0.3) is 6.08 Å². The minimum absolute atomic E-state index is 0.0530. The largest absolute Gasteiger partial charge is 0.313 e. The van der Waals surface area contributed by atoms with Gasteiger partial charge in [0.15, 0.2) is 11.6 Å². The Morgan fingerprint density at radius 1 is 1.12 bits per heavy atom. The van der Waals surface area contributed by atoms with Crippen molar-refractivity contribution in [1.29, 1.82) is 0 Å². The number of hydrogen-bond acceptors (Lipinski definition) is 1. The van der Waals surface area contributed by atoms with Gasteiger partial charge in [-0.15, -0.1) is 0 Å². The van der Waals surface area contributed by atoms with Crippen LogP contribution >= 0.6 is 0 Å². The third-order valence-corrected chi connectivity index (χ3v) is 2.03. The van der Waals surface area contributed by atoms with Crippen molar-refractivity contribution in [3.63, 3.8) is 0 Å². The molecule has 0 amide bonds. The lowest BCUT2D eigenvalue weighted by molar-refractivity contribution is 0.494. The summed E-state index contributed by atoms with van der Waals surface area (Å²) in [5.74, 6) is -2.97. The summed E-state index contributed by atoms with van der Waals surface area (Å²) in [6.07, 6.45) is 4.11. The van der Waals surface area contributed by atoms with Crippen LogP contribution in [-0.4, -0.2) is 13.1 Å². The van der Waals surface area contributed by atoms with Gasteiger partial charge in [-0.3, -0.25) is 0 Å². The molecular formula is C12H14F3N. The van der Waals surface area contributed by atoms with Gasteiger partial charge in [0.25, 0.3) is 0 Å². The van der Waals surface area contributed by atoms with Crippen LogP contribution in [0.3, 0.4) is 0 Å². The van der Waals surface area contributed by atoms with Gasteiger partial charge in [-0.05, 0) is 19.0 Å². The van der Waals surface area contributed by atoms with E-state index in [1.54, 1.807) is 6.08 Å². The molecule has 0 unspecified atom stereocenters. The van der Waals surface area contributed by atoms with Gasteiger partial charge in [0.2, 0.25) is 0 Å². The molecule has 0 spiro atoms. The van der Waals surface area contributed by atoms with Gasteiger partial charge in [0.1, 0.15) is 5.82 Å². The smallest absolute Gasteiger partial charge is 0.161 e. The van der Waals surface area contributed by atoms with E-state index in [0.717, 1.165) is 19.0 Å². The lowest BCUT2D eigenvalue weighted by atomic mass is 10.2. The molecule has 0 heterocycles. The van der Waals surface area contributed by atoms with Crippen molar-refractivity contribution in [3.8, 4) is 0 Å². The van der Waals surface area contributed by atoms with Crippen LogP contribution in [0.15, 0.2) is 18.2 Å². The predicted octanol–water partition coefficient (Wildman–Crippen LogP) is 3.12. The molecule has 0 saturated carbocycles. The average Bonchev–Trinajstić information content (AvgIpc) is 2.25. The monoisotopic (exact) mass is 229 g/mol. The Morgan fingerprint density at radius 3 is 2.50 bits per heavy atom. The summed E-state index contributed by atoms with van der Waals surface area (Å²) in [7, 11) is 0. The Kier molecular flexibility index (Phi) is 5.05. The SMILES string of the molecule is CCCNC/C=C/c1cc(F)c(F)cc1F. The van der Waals surface area contributed by atoms with Crippen LogP contribution in [0.4, 0.5) is 13.2 Å². The molecule has 0 aliphatic rings. The minimum atomic E-state index is -1.17. The zero-order valence-electron chi connectivity index (χ0n) is 9.06. The second-order valence-corrected chi connectivity index (χ2v) is 3.39. The van der Waals surface area contributed by atoms with Crippen LogP contribution < -0.4 is 5.32 Å². The molecule has 4 heteroatoms. The minimum Gasteiger partial charge on any atom is -0.313 e. The normalized spacial score (nSPS) is 11.2. The molecule has 0 atom stereocenters. The molecular weight excluding hydrogens is 215 g/mol. The highest BCUT2D eigenvalue weighted by atomic mass is 19.2. The number of nitrogens with one attached hydrogen (secondary N) is 1. The quantitative estimate of drug-likeness (QED) is 0.604. The van der Waals surface area contributed by atoms with E-state index in [9.17, 15) is 13.2 Å². The van der Waals surface area contributed by atoms with Crippen molar-refractivity contribution in [1.82, 2.24) is 5.32 Å². The predicted molar refractivity (Wildman–Crippen MR) is 58.5 cm³/mol. The Morgan fingerprint density at radius 2 is 1.81 bits per heavy atom. The molecule has 0 radical (unpaired) electrons. The molecule has 0 fully saturated rings. The van der Waals surface area contributed by atoms with Crippen molar-refractivity contribution < 1.29 is 13.2 Å². The van der Waals surface area contributed by atoms with Crippen LogP contribution in [0.1, 0.15) is 18.9 Å². The summed E-state index contributed by atoms with van der Waals surface area (Å²) in [5.41, 5.74) is 0.0530. The van der Waals surface area contributed by atoms with Gasteiger partial charge < -0.3 is 5.32 Å². The first-order chi connectivity index (χ1) is 7.65. The highest BCUT2D eigenvalue weighted by Crippen LogP contribution is 2.14. The summed E-state index contributed by atoms with van der Waals surface area (Å²) in [4.78, 5) is 0. The Hall–Kier alpha value is -1.29. The Labute approximate surface area is 93.0 Å². The highest BCUT2D eigenvalue weighted by molar-refractivity contribution is 5.50. The van der Waals surface area contributed by atoms with E-state index in [1.165, 1.54) is 6.08 Å². The maximum atomic E-state index is 13.1. The zero-order chi connectivity index (χ0) is 12.0. The standard InChI is InChI=1S/C12H14F3N/c1-2-5-16-6-3-4-9-7-11(14)12(15)8-10(9)13/h3-4,7-8,16H,2,5-6H2,1H3/b4-3+. The summed E-state index contributed by atoms with van der Waals surface area (Å²) >= 11 is 0. The first kappa shape index (κ1) is 12.8. The van der Waals surface area contributed by atoms with Crippen molar-refractivity contribution in [2.45, 2.75) is 13.3 Å². The Balaban J connectivity index is 2.63. The number of hydrogen-bond donors (Lipinski definition) is 1. The van der Waals surface area contributed by atoms with Crippen LogP contribution in [0, 0.1) is 17.5 Å². The van der Waals surface area contributed by atoms with Crippen molar-refractivity contribution in [2.75, 3.05) is 13.1 Å². The molecule has 0 bridgehead atoms. The summed E-state index contributed by atoms with van der Waals surface area (Å²) < 4.78 is 38.5. The molecule has 0 saturated heterocycles. The molecule has 1 aromatic rings. The third-order valence-electron chi connectivity index (χ3n) is 2.03. The van der Waals surface area contributed by atoms with E-state index < -0.39 is 17.5 Å². The second-order valence-electron chi connectivity index (χ2n) is 3.39. The molecule has 1 N–H and O–H groups in total. The second kappa shape index (κ2) is 6.33. The molecule has 0 aliphatic carbocycles. The topological polar surface area (TPSA) is 12.0 Å². The van der Waals surface area contributed by atoms with Gasteiger partial charge in [0.05, 0.1) is 0 Å². The maximum Gasteiger partial charge on any atom is 0.161 e. The number of rotatable bonds is 5. The highest BCUT2D eigenvalue weighted by Gasteiger charge is 2.06. The van der Waals surface area contributed by atoms with E-state index in [4.69, 9.17) is 0 Å². The summed E-state index contributed by atoms with van der Waals surface area (Å²) in [6.45, 7) is 3.47. The van der Waals surface area contributed by atoms with E-state index >= 15 is 0 Å². The molecule has 16 heavy (non-hydrogen) atoms. The zero-order valence-corrected chi connectivity index (χ0v) is 9.06. The van der Waals surface area contributed by atoms with Gasteiger partial charge in [0, 0.05) is 18.2 Å². The number of halogens is 3. The fourth-order valence-electron chi connectivity index (χ4n) is 1.21. The fourth-order valence-corrected chi connectivity index (χ4v) is 1.21. The molecule has 1 aromatic carbocycles. The van der Waals surface area contributed by atoms with Crippen LogP contribution in [0.2, 0.25) is 0 Å². The lowest BCUT2D eigenvalue weighted by Crippen LogP contribution is -2.13. The van der Waals surface area contributed by atoms with Gasteiger partial charge >= 0.3 is 0 Å². The van der Waals surface area contributed by atoms with Crippen molar-refractivity contribution in [2.24, 2.45) is 0 Å². The third kappa shape index (κ3) is 3.70. The molecule has 0 aromatic heterocycles. The Bertz CT molecular complexity index is 375. The van der Waals surface area contributed by atoms with Gasteiger partial charge in [-0.2, -0.15) is 0 Å². The molecule has 88 valence electrons. The first-order valence-electron chi connectivity index (χ1n) is 5.17. The van der Waals surface area contributed by atoms with Crippen LogP contribution in [-0.2, 0) is 0 Å².